The van der Waals surface area contributed by atoms with Crippen molar-refractivity contribution in [2.24, 2.45) is 0 Å². The molecule has 1 aromatic heterocycles. The van der Waals surface area contributed by atoms with Crippen LogP contribution in [0.1, 0.15) is 36.7 Å². The van der Waals surface area contributed by atoms with E-state index >= 15 is 0 Å². The van der Waals surface area contributed by atoms with E-state index in [-0.39, 0.29) is 12.3 Å². The van der Waals surface area contributed by atoms with Crippen molar-refractivity contribution in [3.63, 3.8) is 0 Å². The molecule has 0 fully saturated rings. The van der Waals surface area contributed by atoms with Gasteiger partial charge >= 0.3 is 5.97 Å². The molecule has 0 bridgehead atoms. The fourth-order valence-electron chi connectivity index (χ4n) is 1.79. The third-order valence-corrected chi connectivity index (χ3v) is 2.83. The summed E-state index contributed by atoms with van der Waals surface area (Å²) in [5, 5.41) is 18.3. The zero-order valence-corrected chi connectivity index (χ0v) is 10.9. The van der Waals surface area contributed by atoms with Gasteiger partial charge in [0.2, 0.25) is 5.91 Å². The highest BCUT2D eigenvalue weighted by molar-refractivity contribution is 5.85. The average Bonchev–Trinajstić information content (AvgIpc) is 2.60. The first-order valence-corrected chi connectivity index (χ1v) is 5.98. The van der Waals surface area contributed by atoms with Crippen LogP contribution in [0.15, 0.2) is 0 Å². The first kappa shape index (κ1) is 14.2. The van der Waals surface area contributed by atoms with Crippen molar-refractivity contribution in [2.45, 2.75) is 46.1 Å². The molecule has 0 unspecified atom stereocenters. The van der Waals surface area contributed by atoms with Crippen molar-refractivity contribution in [1.29, 1.82) is 0 Å². The van der Waals surface area contributed by atoms with Crippen LogP contribution in [0.25, 0.3) is 0 Å². The SMILES string of the molecule is CCC[C@@H](NC(=O)Cc1c(C)n[nH]c1C)C(=O)O. The molecule has 0 aliphatic heterocycles. The van der Waals surface area contributed by atoms with Gasteiger partial charge in [-0.2, -0.15) is 5.10 Å². The van der Waals surface area contributed by atoms with Gasteiger partial charge in [0.25, 0.3) is 0 Å². The number of hydrogen-bond acceptors (Lipinski definition) is 3. The molecule has 1 atom stereocenters. The molecule has 6 nitrogen and oxygen atoms in total. The minimum atomic E-state index is -0.995. The average molecular weight is 253 g/mol. The minimum absolute atomic E-state index is 0.154. The summed E-state index contributed by atoms with van der Waals surface area (Å²) in [4.78, 5) is 22.7. The van der Waals surface area contributed by atoms with Gasteiger partial charge in [-0.25, -0.2) is 4.79 Å². The first-order chi connectivity index (χ1) is 8.45. The summed E-state index contributed by atoms with van der Waals surface area (Å²) in [6.07, 6.45) is 1.30. The molecule has 0 saturated heterocycles. The van der Waals surface area contributed by atoms with Crippen LogP contribution in [0.5, 0.6) is 0 Å². The highest BCUT2D eigenvalue weighted by atomic mass is 16.4. The number of H-pyrrole nitrogens is 1. The van der Waals surface area contributed by atoms with Gasteiger partial charge in [-0.1, -0.05) is 13.3 Å². The molecule has 100 valence electrons. The van der Waals surface area contributed by atoms with Crippen LogP contribution in [0.4, 0.5) is 0 Å². The highest BCUT2D eigenvalue weighted by Crippen LogP contribution is 2.10. The van der Waals surface area contributed by atoms with Gasteiger partial charge in [0.1, 0.15) is 6.04 Å². The Morgan fingerprint density at radius 1 is 1.44 bits per heavy atom. The Morgan fingerprint density at radius 3 is 2.56 bits per heavy atom. The Kier molecular flexibility index (Phi) is 4.88. The maximum atomic E-state index is 11.8. The van der Waals surface area contributed by atoms with Crippen molar-refractivity contribution in [1.82, 2.24) is 15.5 Å². The summed E-state index contributed by atoms with van der Waals surface area (Å²) in [5.74, 6) is -1.28. The van der Waals surface area contributed by atoms with Crippen LogP contribution in [0.2, 0.25) is 0 Å². The van der Waals surface area contributed by atoms with E-state index in [0.29, 0.717) is 12.8 Å². The van der Waals surface area contributed by atoms with Gasteiger partial charge in [-0.05, 0) is 20.3 Å². The second-order valence-corrected chi connectivity index (χ2v) is 4.34. The van der Waals surface area contributed by atoms with E-state index in [1.807, 2.05) is 20.8 Å². The minimum Gasteiger partial charge on any atom is -0.480 e. The van der Waals surface area contributed by atoms with Crippen LogP contribution in [0, 0.1) is 13.8 Å². The summed E-state index contributed by atoms with van der Waals surface area (Å²) in [5.41, 5.74) is 2.43. The molecular formula is C12H19N3O3. The summed E-state index contributed by atoms with van der Waals surface area (Å²) in [7, 11) is 0. The molecule has 0 aliphatic rings. The second kappa shape index (κ2) is 6.18. The number of rotatable bonds is 6. The van der Waals surface area contributed by atoms with E-state index in [2.05, 4.69) is 15.5 Å². The lowest BCUT2D eigenvalue weighted by atomic mass is 10.1. The van der Waals surface area contributed by atoms with Crippen LogP contribution in [-0.2, 0) is 16.0 Å². The van der Waals surface area contributed by atoms with Crippen LogP contribution < -0.4 is 5.32 Å². The molecule has 1 amide bonds. The number of aliphatic carboxylic acids is 1. The lowest BCUT2D eigenvalue weighted by Crippen LogP contribution is -2.41. The topological polar surface area (TPSA) is 95.1 Å². The number of amides is 1. The van der Waals surface area contributed by atoms with Gasteiger partial charge in [0, 0.05) is 11.3 Å². The van der Waals surface area contributed by atoms with Gasteiger partial charge in [0.05, 0.1) is 12.1 Å². The van der Waals surface area contributed by atoms with E-state index in [0.717, 1.165) is 17.0 Å². The van der Waals surface area contributed by atoms with E-state index < -0.39 is 12.0 Å². The maximum absolute atomic E-state index is 11.8. The zero-order valence-electron chi connectivity index (χ0n) is 10.9. The lowest BCUT2D eigenvalue weighted by Gasteiger charge is -2.13. The second-order valence-electron chi connectivity index (χ2n) is 4.34. The van der Waals surface area contributed by atoms with Crippen molar-refractivity contribution in [3.05, 3.63) is 17.0 Å². The van der Waals surface area contributed by atoms with Crippen LogP contribution in [-0.4, -0.2) is 33.2 Å². The summed E-state index contributed by atoms with van der Waals surface area (Å²) in [6.45, 7) is 5.53. The number of hydrogen-bond donors (Lipinski definition) is 3. The quantitative estimate of drug-likeness (QED) is 0.703. The van der Waals surface area contributed by atoms with E-state index in [1.165, 1.54) is 0 Å². The van der Waals surface area contributed by atoms with Gasteiger partial charge in [-0.15, -0.1) is 0 Å². The molecule has 0 radical (unpaired) electrons. The van der Waals surface area contributed by atoms with Crippen molar-refractivity contribution in [3.8, 4) is 0 Å². The molecule has 0 saturated carbocycles. The fraction of sp³-hybridized carbons (Fsp3) is 0.583. The predicted octanol–water partition coefficient (Wildman–Crippen LogP) is 0.939. The summed E-state index contributed by atoms with van der Waals surface area (Å²) < 4.78 is 0. The number of nitrogens with zero attached hydrogens (tertiary/aromatic N) is 1. The molecule has 1 aromatic rings. The monoisotopic (exact) mass is 253 g/mol. The molecule has 6 heteroatoms. The van der Waals surface area contributed by atoms with Crippen molar-refractivity contribution in [2.75, 3.05) is 0 Å². The van der Waals surface area contributed by atoms with Crippen molar-refractivity contribution < 1.29 is 14.7 Å². The third-order valence-electron chi connectivity index (χ3n) is 2.83. The smallest absolute Gasteiger partial charge is 0.326 e. The molecule has 0 aromatic carbocycles. The largest absolute Gasteiger partial charge is 0.480 e. The Balaban J connectivity index is 2.63. The number of aryl methyl sites for hydroxylation is 2. The van der Waals surface area contributed by atoms with Gasteiger partial charge in [0.15, 0.2) is 0 Å². The molecule has 1 rings (SSSR count). The van der Waals surface area contributed by atoms with Crippen molar-refractivity contribution >= 4 is 11.9 Å². The van der Waals surface area contributed by atoms with Gasteiger partial charge < -0.3 is 10.4 Å². The van der Waals surface area contributed by atoms with E-state index in [9.17, 15) is 9.59 Å². The molecule has 0 spiro atoms. The normalized spacial score (nSPS) is 12.2. The zero-order chi connectivity index (χ0) is 13.7. The Labute approximate surface area is 106 Å². The van der Waals surface area contributed by atoms with Crippen LogP contribution >= 0.6 is 0 Å². The van der Waals surface area contributed by atoms with E-state index in [4.69, 9.17) is 5.11 Å². The number of aromatic nitrogens is 2. The molecular weight excluding hydrogens is 234 g/mol. The summed E-state index contributed by atoms with van der Waals surface area (Å²) in [6, 6.07) is -0.810. The van der Waals surface area contributed by atoms with E-state index in [1.54, 1.807) is 0 Å². The highest BCUT2D eigenvalue weighted by Gasteiger charge is 2.20. The lowest BCUT2D eigenvalue weighted by molar-refractivity contribution is -0.141. The van der Waals surface area contributed by atoms with Crippen LogP contribution in [0.3, 0.4) is 0 Å². The number of carbonyl (C=O) groups excluding carboxylic acids is 1. The first-order valence-electron chi connectivity index (χ1n) is 5.98. The third kappa shape index (κ3) is 3.58. The predicted molar refractivity (Wildman–Crippen MR) is 66.2 cm³/mol. The molecule has 18 heavy (non-hydrogen) atoms. The Bertz CT molecular complexity index is 420. The van der Waals surface area contributed by atoms with Gasteiger partial charge in [-0.3, -0.25) is 9.89 Å². The standard InChI is InChI=1S/C12H19N3O3/c1-4-5-10(12(17)18)13-11(16)6-9-7(2)14-15-8(9)3/h10H,4-6H2,1-3H3,(H,13,16)(H,14,15)(H,17,18)/t10-/m1/s1. The fourth-order valence-corrected chi connectivity index (χ4v) is 1.79. The number of nitrogens with one attached hydrogen (secondary N) is 2. The molecule has 0 aliphatic carbocycles. The maximum Gasteiger partial charge on any atom is 0.326 e. The number of carboxylic acids is 1. The Morgan fingerprint density at radius 2 is 2.11 bits per heavy atom. The molecule has 3 N–H and O–H groups in total. The molecule has 1 heterocycles. The number of carboxylic acid groups (broad SMARTS) is 1. The Hall–Kier alpha value is -1.85. The summed E-state index contributed by atoms with van der Waals surface area (Å²) >= 11 is 0. The number of aromatic amines is 1. The number of carbonyl (C=O) groups is 2.